The number of rotatable bonds is 2. The number of pyridine rings is 1. The number of carbonyl (C=O) groups excluding carboxylic acids is 1. The second kappa shape index (κ2) is 4.69. The highest BCUT2D eigenvalue weighted by molar-refractivity contribution is 5.92. The third kappa shape index (κ3) is 2.62. The molecule has 1 heterocycles. The Morgan fingerprint density at radius 3 is 2.37 bits per heavy atom. The number of hydrogen-bond donors (Lipinski definition) is 0. The van der Waals surface area contributed by atoms with Gasteiger partial charge in [-0.3, -0.25) is 9.78 Å². The van der Waals surface area contributed by atoms with Gasteiger partial charge in [0.05, 0.1) is 11.5 Å². The van der Waals surface area contributed by atoms with Gasteiger partial charge in [0.1, 0.15) is 5.69 Å². The van der Waals surface area contributed by atoms with Gasteiger partial charge in [-0.1, -0.05) is 6.07 Å². The predicted octanol–water partition coefficient (Wildman–Crippen LogP) is 3.25. The number of Topliss-reactive ketones (excluding diaryl/α,β-unsaturated/α-hetero) is 1. The Hall–Kier alpha value is -1.83. The minimum absolute atomic E-state index is 0.123. The second-order valence-electron chi connectivity index (χ2n) is 5.04. The first-order chi connectivity index (χ1) is 8.88. The van der Waals surface area contributed by atoms with E-state index in [0.717, 1.165) is 0 Å². The zero-order chi connectivity index (χ0) is 14.1. The summed E-state index contributed by atoms with van der Waals surface area (Å²) < 4.78 is 26.4. The fourth-order valence-corrected chi connectivity index (χ4v) is 2.39. The lowest BCUT2D eigenvalue weighted by Crippen LogP contribution is -2.35. The molecule has 0 aliphatic heterocycles. The van der Waals surface area contributed by atoms with Crippen molar-refractivity contribution in [1.29, 1.82) is 5.26 Å². The molecule has 0 radical (unpaired) electrons. The molecule has 0 amide bonds. The normalized spacial score (nSPS) is 20.5. The Kier molecular flexibility index (Phi) is 3.36. The largest absolute Gasteiger partial charge is 0.293 e. The van der Waals surface area contributed by atoms with Gasteiger partial charge in [-0.15, -0.1) is 0 Å². The number of nitrogens with zero attached hydrogens (tertiary/aromatic N) is 2. The van der Waals surface area contributed by atoms with Gasteiger partial charge in [-0.2, -0.15) is 5.26 Å². The molecule has 19 heavy (non-hydrogen) atoms. The minimum atomic E-state index is -2.67. The monoisotopic (exact) mass is 264 g/mol. The van der Waals surface area contributed by atoms with E-state index in [1.807, 2.05) is 0 Å². The van der Waals surface area contributed by atoms with Crippen molar-refractivity contribution < 1.29 is 13.6 Å². The van der Waals surface area contributed by atoms with E-state index in [1.54, 1.807) is 12.1 Å². The molecule has 0 N–H and O–H groups in total. The zero-order valence-corrected chi connectivity index (χ0v) is 10.6. The van der Waals surface area contributed by atoms with Gasteiger partial charge in [0.2, 0.25) is 5.92 Å². The Morgan fingerprint density at radius 2 is 1.95 bits per heavy atom. The van der Waals surface area contributed by atoms with Crippen LogP contribution in [-0.2, 0) is 5.41 Å². The highest BCUT2D eigenvalue weighted by Gasteiger charge is 2.44. The molecule has 0 aromatic carbocycles. The Balaban J connectivity index is 2.28. The zero-order valence-electron chi connectivity index (χ0n) is 10.6. The summed E-state index contributed by atoms with van der Waals surface area (Å²) in [6.45, 7) is 1.41. The molecule has 1 aliphatic rings. The van der Waals surface area contributed by atoms with E-state index >= 15 is 0 Å². The van der Waals surface area contributed by atoms with Crippen LogP contribution in [0, 0.1) is 11.3 Å². The summed E-state index contributed by atoms with van der Waals surface area (Å²) in [5.74, 6) is -2.83. The molecule has 0 bridgehead atoms. The molecule has 1 aromatic rings. The van der Waals surface area contributed by atoms with Gasteiger partial charge in [-0.25, -0.2) is 8.78 Å². The number of ketones is 1. The first-order valence-corrected chi connectivity index (χ1v) is 6.15. The van der Waals surface area contributed by atoms with Crippen molar-refractivity contribution >= 4 is 5.78 Å². The molecular weight excluding hydrogens is 250 g/mol. The summed E-state index contributed by atoms with van der Waals surface area (Å²) in [5, 5.41) is 9.35. The second-order valence-corrected chi connectivity index (χ2v) is 5.04. The fourth-order valence-electron chi connectivity index (χ4n) is 2.39. The lowest BCUT2D eigenvalue weighted by atomic mass is 9.70. The van der Waals surface area contributed by atoms with Crippen LogP contribution >= 0.6 is 0 Å². The highest BCUT2D eigenvalue weighted by atomic mass is 19.3. The molecule has 0 spiro atoms. The maximum Gasteiger partial charge on any atom is 0.248 e. The third-order valence-corrected chi connectivity index (χ3v) is 3.73. The molecule has 5 heteroatoms. The molecule has 100 valence electrons. The van der Waals surface area contributed by atoms with Gasteiger partial charge in [0.15, 0.2) is 5.78 Å². The number of alkyl halides is 2. The Bertz CT molecular complexity index is 521. The van der Waals surface area contributed by atoms with Crippen LogP contribution in [0.3, 0.4) is 0 Å². The van der Waals surface area contributed by atoms with Crippen molar-refractivity contribution in [3.63, 3.8) is 0 Å². The van der Waals surface area contributed by atoms with Crippen LogP contribution in [-0.4, -0.2) is 16.7 Å². The summed E-state index contributed by atoms with van der Waals surface area (Å²) in [5.41, 5.74) is 0.0396. The molecule has 1 fully saturated rings. The standard InChI is InChI=1S/C14H14F2N2O/c1-10(19)12-3-2-11(8-18-12)13(9-17)4-6-14(15,16)7-5-13/h2-3,8H,4-7H2,1H3. The molecule has 1 aromatic heterocycles. The Morgan fingerprint density at radius 1 is 1.32 bits per heavy atom. The molecule has 0 unspecified atom stereocenters. The van der Waals surface area contributed by atoms with E-state index in [4.69, 9.17) is 0 Å². The summed E-state index contributed by atoms with van der Waals surface area (Å²) in [4.78, 5) is 15.1. The molecular formula is C14H14F2N2O. The summed E-state index contributed by atoms with van der Waals surface area (Å²) in [7, 11) is 0. The van der Waals surface area contributed by atoms with Crippen molar-refractivity contribution in [3.05, 3.63) is 29.6 Å². The Labute approximate surface area is 110 Å². The smallest absolute Gasteiger partial charge is 0.248 e. The van der Waals surface area contributed by atoms with E-state index in [9.17, 15) is 18.8 Å². The van der Waals surface area contributed by atoms with Crippen molar-refractivity contribution in [2.75, 3.05) is 0 Å². The number of aromatic nitrogens is 1. The van der Waals surface area contributed by atoms with E-state index in [2.05, 4.69) is 11.1 Å². The van der Waals surface area contributed by atoms with Crippen LogP contribution < -0.4 is 0 Å². The first-order valence-electron chi connectivity index (χ1n) is 6.15. The maximum atomic E-state index is 13.2. The van der Waals surface area contributed by atoms with Crippen LogP contribution in [0.2, 0.25) is 0 Å². The van der Waals surface area contributed by atoms with E-state index in [-0.39, 0.29) is 31.5 Å². The SMILES string of the molecule is CC(=O)c1ccc(C2(C#N)CCC(F)(F)CC2)cn1. The molecule has 1 saturated carbocycles. The average Bonchev–Trinajstić information content (AvgIpc) is 2.40. The van der Waals surface area contributed by atoms with Gasteiger partial charge in [0, 0.05) is 26.0 Å². The van der Waals surface area contributed by atoms with Crippen LogP contribution in [0.25, 0.3) is 0 Å². The van der Waals surface area contributed by atoms with Gasteiger partial charge < -0.3 is 0 Å². The summed E-state index contributed by atoms with van der Waals surface area (Å²) >= 11 is 0. The minimum Gasteiger partial charge on any atom is -0.293 e. The van der Waals surface area contributed by atoms with E-state index in [1.165, 1.54) is 13.1 Å². The number of carbonyl (C=O) groups is 1. The average molecular weight is 264 g/mol. The first kappa shape index (κ1) is 13.6. The molecule has 0 saturated heterocycles. The molecule has 3 nitrogen and oxygen atoms in total. The van der Waals surface area contributed by atoms with Crippen molar-refractivity contribution in [2.45, 2.75) is 43.9 Å². The molecule has 1 aliphatic carbocycles. The van der Waals surface area contributed by atoms with Crippen molar-refractivity contribution in [1.82, 2.24) is 4.98 Å². The summed E-state index contributed by atoms with van der Waals surface area (Å²) in [6.07, 6.45) is 1.14. The molecule has 0 atom stereocenters. The van der Waals surface area contributed by atoms with E-state index in [0.29, 0.717) is 11.3 Å². The van der Waals surface area contributed by atoms with E-state index < -0.39 is 11.3 Å². The number of halogens is 2. The van der Waals surface area contributed by atoms with Crippen molar-refractivity contribution in [3.8, 4) is 6.07 Å². The van der Waals surface area contributed by atoms with Crippen molar-refractivity contribution in [2.24, 2.45) is 0 Å². The topological polar surface area (TPSA) is 53.8 Å². The fraction of sp³-hybridized carbons (Fsp3) is 0.500. The number of nitriles is 1. The lowest BCUT2D eigenvalue weighted by Gasteiger charge is -2.34. The van der Waals surface area contributed by atoms with Gasteiger partial charge in [-0.05, 0) is 24.5 Å². The predicted molar refractivity (Wildman–Crippen MR) is 64.9 cm³/mol. The van der Waals surface area contributed by atoms with Crippen LogP contribution in [0.5, 0.6) is 0 Å². The molecule has 2 rings (SSSR count). The van der Waals surface area contributed by atoms with Crippen LogP contribution in [0.1, 0.15) is 48.7 Å². The van der Waals surface area contributed by atoms with Crippen LogP contribution in [0.4, 0.5) is 8.78 Å². The summed E-state index contributed by atoms with van der Waals surface area (Å²) in [6, 6.07) is 5.36. The van der Waals surface area contributed by atoms with Crippen LogP contribution in [0.15, 0.2) is 18.3 Å². The lowest BCUT2D eigenvalue weighted by molar-refractivity contribution is -0.0453. The number of hydrogen-bond acceptors (Lipinski definition) is 3. The van der Waals surface area contributed by atoms with Gasteiger partial charge in [0.25, 0.3) is 0 Å². The maximum absolute atomic E-state index is 13.2. The quantitative estimate of drug-likeness (QED) is 0.770. The third-order valence-electron chi connectivity index (χ3n) is 3.73. The van der Waals surface area contributed by atoms with Gasteiger partial charge >= 0.3 is 0 Å². The highest BCUT2D eigenvalue weighted by Crippen LogP contribution is 2.44.